The number of hydrogen-bond donors (Lipinski definition) is 1. The number of nitrogens with one attached hydrogen (secondary N) is 1. The molecule has 6 nitrogen and oxygen atoms in total. The number of ether oxygens (including phenoxy) is 1. The number of rotatable bonds is 5. The van der Waals surface area contributed by atoms with E-state index in [1.165, 1.54) is 13.2 Å². The molecular weight excluding hydrogens is 465 g/mol. The second-order valence-electron chi connectivity index (χ2n) is 8.17. The van der Waals surface area contributed by atoms with Gasteiger partial charge < -0.3 is 19.4 Å². The van der Waals surface area contributed by atoms with Crippen LogP contribution in [0.2, 0.25) is 0 Å². The zero-order valence-corrected chi connectivity index (χ0v) is 19.9. The Morgan fingerprint density at radius 2 is 1.91 bits per heavy atom. The molecule has 176 valence electrons. The smallest absolute Gasteiger partial charge is 0.338 e. The van der Waals surface area contributed by atoms with Crippen LogP contribution < -0.4 is 10.2 Å². The summed E-state index contributed by atoms with van der Waals surface area (Å²) >= 11 is 5.71. The summed E-state index contributed by atoms with van der Waals surface area (Å²) in [7, 11) is 1.35. The molecule has 0 radical (unpaired) electrons. The minimum absolute atomic E-state index is 0.288. The number of carbonyl (C=O) groups is 1. The first-order valence-corrected chi connectivity index (χ1v) is 11.4. The van der Waals surface area contributed by atoms with Crippen LogP contribution in [0.25, 0.3) is 11.3 Å². The van der Waals surface area contributed by atoms with Crippen LogP contribution in [-0.4, -0.2) is 23.2 Å². The number of halogens is 1. The summed E-state index contributed by atoms with van der Waals surface area (Å²) < 4.78 is 25.3. The summed E-state index contributed by atoms with van der Waals surface area (Å²) in [5.74, 6) is 0.403. The lowest BCUT2D eigenvalue weighted by atomic mass is 10.0. The first-order chi connectivity index (χ1) is 17.0. The van der Waals surface area contributed by atoms with Crippen LogP contribution in [0.4, 0.5) is 10.1 Å². The number of anilines is 1. The summed E-state index contributed by atoms with van der Waals surface area (Å²) in [6.07, 6.45) is 1.72. The Morgan fingerprint density at radius 1 is 1.11 bits per heavy atom. The monoisotopic (exact) mass is 487 g/mol. The molecule has 8 heteroatoms. The molecule has 1 saturated heterocycles. The molecule has 3 heterocycles. The Bertz CT molecular complexity index is 1410. The maximum absolute atomic E-state index is 14.0. The van der Waals surface area contributed by atoms with Crippen molar-refractivity contribution in [1.82, 2.24) is 10.3 Å². The van der Waals surface area contributed by atoms with E-state index in [4.69, 9.17) is 21.4 Å². The molecule has 0 spiro atoms. The summed E-state index contributed by atoms with van der Waals surface area (Å²) in [5, 5.41) is 3.83. The SMILES string of the molecule is COC(=O)c1ccccc1-c1ccc(C2C(c3ccccn3)NC(=S)N2c2ccc(F)c(C)c2)o1. The van der Waals surface area contributed by atoms with Gasteiger partial charge in [0.1, 0.15) is 23.4 Å². The highest BCUT2D eigenvalue weighted by atomic mass is 32.1. The van der Waals surface area contributed by atoms with Crippen molar-refractivity contribution in [1.29, 1.82) is 0 Å². The standard InChI is InChI=1S/C27H22FN3O3S/c1-16-15-17(10-11-20(16)28)31-25(24(30-27(31)35)21-9-5-6-14-29-21)23-13-12-22(34-23)18-7-3-4-8-19(18)26(32)33-2/h3-15,24-25H,1-2H3,(H,30,35). The highest BCUT2D eigenvalue weighted by molar-refractivity contribution is 7.80. The summed E-state index contributed by atoms with van der Waals surface area (Å²) in [6, 6.07) is 20.6. The molecule has 4 aromatic rings. The van der Waals surface area contributed by atoms with Gasteiger partial charge in [0.05, 0.1) is 24.4 Å². The quantitative estimate of drug-likeness (QED) is 0.284. The van der Waals surface area contributed by atoms with Crippen LogP contribution >= 0.6 is 12.2 Å². The lowest BCUT2D eigenvalue weighted by Gasteiger charge is -2.26. The van der Waals surface area contributed by atoms with E-state index < -0.39 is 12.0 Å². The number of carbonyl (C=O) groups excluding carboxylic acids is 1. The summed E-state index contributed by atoms with van der Waals surface area (Å²) in [4.78, 5) is 18.8. The van der Waals surface area contributed by atoms with E-state index in [0.717, 1.165) is 11.4 Å². The number of benzene rings is 2. The zero-order chi connectivity index (χ0) is 24.5. The maximum atomic E-state index is 14.0. The van der Waals surface area contributed by atoms with Crippen LogP contribution in [0.15, 0.2) is 83.4 Å². The van der Waals surface area contributed by atoms with Gasteiger partial charge in [-0.1, -0.05) is 24.3 Å². The molecule has 0 amide bonds. The predicted octanol–water partition coefficient (Wildman–Crippen LogP) is 5.75. The van der Waals surface area contributed by atoms with Crippen molar-refractivity contribution in [3.05, 3.63) is 107 Å². The topological polar surface area (TPSA) is 67.6 Å². The molecule has 2 atom stereocenters. The second-order valence-corrected chi connectivity index (χ2v) is 8.56. The Morgan fingerprint density at radius 3 is 2.66 bits per heavy atom. The number of methoxy groups -OCH3 is 1. The van der Waals surface area contributed by atoms with E-state index in [9.17, 15) is 9.18 Å². The molecule has 1 fully saturated rings. The Balaban J connectivity index is 1.62. The van der Waals surface area contributed by atoms with Crippen molar-refractivity contribution in [3.8, 4) is 11.3 Å². The molecule has 0 bridgehead atoms. The van der Waals surface area contributed by atoms with Gasteiger partial charge in [-0.3, -0.25) is 4.98 Å². The van der Waals surface area contributed by atoms with E-state index >= 15 is 0 Å². The van der Waals surface area contributed by atoms with Gasteiger partial charge in [-0.25, -0.2) is 9.18 Å². The third-order valence-electron chi connectivity index (χ3n) is 6.03. The van der Waals surface area contributed by atoms with Crippen LogP contribution in [0.1, 0.15) is 39.5 Å². The molecule has 0 saturated carbocycles. The molecule has 1 N–H and O–H groups in total. The van der Waals surface area contributed by atoms with Gasteiger partial charge in [0.25, 0.3) is 0 Å². The number of pyridine rings is 1. The largest absolute Gasteiger partial charge is 0.465 e. The summed E-state index contributed by atoms with van der Waals surface area (Å²) in [6.45, 7) is 1.71. The fraction of sp³-hybridized carbons (Fsp3) is 0.148. The first kappa shape index (κ1) is 22.7. The molecule has 0 aliphatic carbocycles. The second kappa shape index (κ2) is 9.31. The van der Waals surface area contributed by atoms with Crippen molar-refractivity contribution < 1.29 is 18.3 Å². The average Bonchev–Trinajstić information content (AvgIpc) is 3.50. The molecule has 2 aromatic carbocycles. The van der Waals surface area contributed by atoms with E-state index in [1.807, 2.05) is 47.4 Å². The third kappa shape index (κ3) is 4.17. The van der Waals surface area contributed by atoms with Gasteiger partial charge in [0.15, 0.2) is 5.11 Å². The molecule has 1 aliphatic rings. The number of thiocarbonyl (C=S) groups is 1. The van der Waals surface area contributed by atoms with Crippen molar-refractivity contribution in [2.24, 2.45) is 0 Å². The van der Waals surface area contributed by atoms with Gasteiger partial charge in [-0.05, 0) is 73.2 Å². The van der Waals surface area contributed by atoms with Gasteiger partial charge in [-0.2, -0.15) is 0 Å². The minimum Gasteiger partial charge on any atom is -0.465 e. The van der Waals surface area contributed by atoms with Crippen molar-refractivity contribution in [3.63, 3.8) is 0 Å². The van der Waals surface area contributed by atoms with E-state index in [-0.39, 0.29) is 11.9 Å². The molecular formula is C27H22FN3O3S. The van der Waals surface area contributed by atoms with Gasteiger partial charge in [0.2, 0.25) is 0 Å². The predicted molar refractivity (Wildman–Crippen MR) is 135 cm³/mol. The van der Waals surface area contributed by atoms with Gasteiger partial charge in [-0.15, -0.1) is 0 Å². The lowest BCUT2D eigenvalue weighted by molar-refractivity contribution is 0.0601. The Labute approximate surface area is 207 Å². The number of hydrogen-bond acceptors (Lipinski definition) is 5. The van der Waals surface area contributed by atoms with E-state index in [1.54, 1.807) is 37.4 Å². The minimum atomic E-state index is -0.447. The fourth-order valence-corrected chi connectivity index (χ4v) is 4.69. The number of furan rings is 1. The third-order valence-corrected chi connectivity index (χ3v) is 6.35. The van der Waals surface area contributed by atoms with Crippen LogP contribution in [0.3, 0.4) is 0 Å². The number of aromatic nitrogens is 1. The summed E-state index contributed by atoms with van der Waals surface area (Å²) in [5.41, 5.74) is 3.06. The average molecular weight is 488 g/mol. The maximum Gasteiger partial charge on any atom is 0.338 e. The Hall–Kier alpha value is -4.04. The highest BCUT2D eigenvalue weighted by Crippen LogP contribution is 2.43. The molecule has 35 heavy (non-hydrogen) atoms. The lowest BCUT2D eigenvalue weighted by Crippen LogP contribution is -2.29. The normalized spacial score (nSPS) is 17.3. The first-order valence-electron chi connectivity index (χ1n) is 11.0. The van der Waals surface area contributed by atoms with E-state index in [2.05, 4.69) is 10.3 Å². The van der Waals surface area contributed by atoms with Crippen LogP contribution in [0.5, 0.6) is 0 Å². The number of aryl methyl sites for hydroxylation is 1. The zero-order valence-electron chi connectivity index (χ0n) is 19.1. The fourth-order valence-electron chi connectivity index (χ4n) is 4.34. The number of nitrogens with zero attached hydrogens (tertiary/aromatic N) is 2. The molecule has 2 unspecified atom stereocenters. The molecule has 2 aromatic heterocycles. The molecule has 1 aliphatic heterocycles. The van der Waals surface area contributed by atoms with Crippen LogP contribution in [-0.2, 0) is 4.74 Å². The Kier molecular flexibility index (Phi) is 6.05. The number of esters is 1. The van der Waals surface area contributed by atoms with Crippen LogP contribution in [0, 0.1) is 12.7 Å². The highest BCUT2D eigenvalue weighted by Gasteiger charge is 2.42. The molecule has 5 rings (SSSR count). The van der Waals surface area contributed by atoms with Crippen molar-refractivity contribution in [2.75, 3.05) is 12.0 Å². The van der Waals surface area contributed by atoms with Gasteiger partial charge >= 0.3 is 5.97 Å². The van der Waals surface area contributed by atoms with Gasteiger partial charge in [0, 0.05) is 17.4 Å². The van der Waals surface area contributed by atoms with Crippen molar-refractivity contribution in [2.45, 2.75) is 19.0 Å². The van der Waals surface area contributed by atoms with E-state index in [0.29, 0.717) is 33.3 Å². The van der Waals surface area contributed by atoms with Crippen molar-refractivity contribution >= 4 is 29.0 Å².